The third kappa shape index (κ3) is 5.09. The Morgan fingerprint density at radius 2 is 1.55 bits per heavy atom. The van der Waals surface area contributed by atoms with Gasteiger partial charge in [0.1, 0.15) is 10.6 Å². The number of sulfonamides is 1. The number of hydrogen-bond donors (Lipinski definition) is 0. The Kier molecular flexibility index (Phi) is 6.80. The molecule has 0 atom stereocenters. The lowest BCUT2D eigenvalue weighted by Crippen LogP contribution is -2.51. The molecule has 0 aliphatic carbocycles. The molecule has 0 unspecified atom stereocenters. The van der Waals surface area contributed by atoms with E-state index in [9.17, 15) is 13.2 Å². The average molecular weight is 469 g/mol. The molecule has 1 aliphatic rings. The van der Waals surface area contributed by atoms with E-state index in [2.05, 4.69) is 5.10 Å². The molecule has 0 spiro atoms. The maximum Gasteiger partial charge on any atom is 0.260 e. The van der Waals surface area contributed by atoms with Crippen LogP contribution in [0.2, 0.25) is 0 Å². The summed E-state index contributed by atoms with van der Waals surface area (Å²) in [6, 6.07) is 19.0. The predicted octanol–water partition coefficient (Wildman–Crippen LogP) is 2.46. The van der Waals surface area contributed by atoms with E-state index in [1.807, 2.05) is 48.5 Å². The Bertz CT molecular complexity index is 1200. The van der Waals surface area contributed by atoms with Crippen LogP contribution in [0.3, 0.4) is 0 Å². The van der Waals surface area contributed by atoms with Gasteiger partial charge >= 0.3 is 0 Å². The lowest BCUT2D eigenvalue weighted by molar-refractivity contribution is -0.134. The first-order valence-electron chi connectivity index (χ1n) is 10.9. The highest BCUT2D eigenvalue weighted by Crippen LogP contribution is 2.25. The van der Waals surface area contributed by atoms with E-state index < -0.39 is 10.0 Å². The second kappa shape index (κ2) is 9.76. The molecule has 0 saturated carbocycles. The fraction of sp³-hybridized carbons (Fsp3) is 0.333. The zero-order valence-corrected chi connectivity index (χ0v) is 19.7. The molecular formula is C24H28N4O4S. The minimum Gasteiger partial charge on any atom is -0.484 e. The van der Waals surface area contributed by atoms with Gasteiger partial charge in [-0.3, -0.25) is 9.48 Å². The Labute approximate surface area is 194 Å². The average Bonchev–Trinajstić information content (AvgIpc) is 3.12. The normalized spacial score (nSPS) is 14.9. The number of carbonyl (C=O) groups is 1. The molecule has 33 heavy (non-hydrogen) atoms. The number of para-hydroxylation sites is 1. The van der Waals surface area contributed by atoms with Gasteiger partial charge < -0.3 is 9.64 Å². The van der Waals surface area contributed by atoms with Crippen LogP contribution in [0.1, 0.15) is 17.0 Å². The molecule has 9 heteroatoms. The van der Waals surface area contributed by atoms with E-state index in [-0.39, 0.29) is 30.5 Å². The minimum atomic E-state index is -3.72. The molecule has 0 bridgehead atoms. The number of aryl methyl sites for hydroxylation is 1. The number of hydrogen-bond acceptors (Lipinski definition) is 5. The molecule has 1 aliphatic heterocycles. The number of benzene rings is 2. The van der Waals surface area contributed by atoms with Gasteiger partial charge in [-0.15, -0.1) is 0 Å². The van der Waals surface area contributed by atoms with Gasteiger partial charge in [0.15, 0.2) is 6.61 Å². The third-order valence-corrected chi connectivity index (χ3v) is 7.94. The Morgan fingerprint density at radius 1 is 0.939 bits per heavy atom. The zero-order chi connectivity index (χ0) is 23.4. The molecule has 0 radical (unpaired) electrons. The molecule has 4 rings (SSSR count). The van der Waals surface area contributed by atoms with E-state index in [0.717, 1.165) is 5.56 Å². The molecule has 1 saturated heterocycles. The molecule has 1 aromatic heterocycles. The summed E-state index contributed by atoms with van der Waals surface area (Å²) in [5.74, 6) is 0.476. The van der Waals surface area contributed by atoms with Crippen LogP contribution in [-0.4, -0.2) is 66.1 Å². The maximum atomic E-state index is 13.4. The molecule has 2 aromatic carbocycles. The summed E-state index contributed by atoms with van der Waals surface area (Å²) in [5.41, 5.74) is 2.15. The van der Waals surface area contributed by atoms with Crippen molar-refractivity contribution in [1.82, 2.24) is 19.0 Å². The Balaban J connectivity index is 1.40. The summed E-state index contributed by atoms with van der Waals surface area (Å²) in [6.07, 6.45) is 0. The van der Waals surface area contributed by atoms with E-state index in [4.69, 9.17) is 4.74 Å². The van der Waals surface area contributed by atoms with E-state index >= 15 is 0 Å². The Hall–Kier alpha value is -3.17. The standard InChI is InChI=1S/C24H28N4O4S/c1-19-24(20(2)28(25-19)17-21-9-5-3-6-10-21)33(30,31)27-15-13-26(14-16-27)23(29)18-32-22-11-7-4-8-12-22/h3-12H,13-18H2,1-2H3. The van der Waals surface area contributed by atoms with Crippen molar-refractivity contribution < 1.29 is 17.9 Å². The number of aromatic nitrogens is 2. The number of ether oxygens (including phenoxy) is 1. The quantitative estimate of drug-likeness (QED) is 0.532. The van der Waals surface area contributed by atoms with Crippen molar-refractivity contribution in [3.05, 3.63) is 77.6 Å². The largest absolute Gasteiger partial charge is 0.484 e. The first-order chi connectivity index (χ1) is 15.9. The van der Waals surface area contributed by atoms with Gasteiger partial charge in [0.2, 0.25) is 10.0 Å². The summed E-state index contributed by atoms with van der Waals surface area (Å²) in [7, 11) is -3.72. The van der Waals surface area contributed by atoms with Crippen LogP contribution >= 0.6 is 0 Å². The fourth-order valence-electron chi connectivity index (χ4n) is 4.02. The molecule has 1 fully saturated rings. The van der Waals surface area contributed by atoms with Crippen LogP contribution < -0.4 is 4.74 Å². The summed E-state index contributed by atoms with van der Waals surface area (Å²) in [5, 5.41) is 4.49. The number of nitrogens with zero attached hydrogens (tertiary/aromatic N) is 4. The van der Waals surface area contributed by atoms with Gasteiger partial charge in [0.05, 0.1) is 17.9 Å². The highest BCUT2D eigenvalue weighted by molar-refractivity contribution is 7.89. The van der Waals surface area contributed by atoms with Crippen molar-refractivity contribution in [2.75, 3.05) is 32.8 Å². The first-order valence-corrected chi connectivity index (χ1v) is 12.3. The van der Waals surface area contributed by atoms with Crippen LogP contribution in [0.5, 0.6) is 5.75 Å². The van der Waals surface area contributed by atoms with Crippen molar-refractivity contribution >= 4 is 15.9 Å². The molecular weight excluding hydrogens is 440 g/mol. The maximum absolute atomic E-state index is 13.4. The summed E-state index contributed by atoms with van der Waals surface area (Å²) < 4.78 is 35.6. The fourth-order valence-corrected chi connectivity index (χ4v) is 5.82. The van der Waals surface area contributed by atoms with Crippen molar-refractivity contribution in [3.63, 3.8) is 0 Å². The topological polar surface area (TPSA) is 84.7 Å². The van der Waals surface area contributed by atoms with Crippen LogP contribution in [0.25, 0.3) is 0 Å². The smallest absolute Gasteiger partial charge is 0.260 e. The van der Waals surface area contributed by atoms with E-state index in [1.54, 1.807) is 35.6 Å². The van der Waals surface area contributed by atoms with E-state index in [0.29, 0.717) is 36.8 Å². The highest BCUT2D eigenvalue weighted by atomic mass is 32.2. The summed E-state index contributed by atoms with van der Waals surface area (Å²) in [6.45, 7) is 5.08. The number of rotatable bonds is 7. The van der Waals surface area contributed by atoms with Crippen molar-refractivity contribution in [2.24, 2.45) is 0 Å². The highest BCUT2D eigenvalue weighted by Gasteiger charge is 2.34. The van der Waals surface area contributed by atoms with Crippen LogP contribution in [-0.2, 0) is 21.4 Å². The van der Waals surface area contributed by atoms with Gasteiger partial charge in [-0.05, 0) is 31.5 Å². The van der Waals surface area contributed by atoms with Crippen LogP contribution in [0.15, 0.2) is 65.6 Å². The summed E-state index contributed by atoms with van der Waals surface area (Å²) >= 11 is 0. The number of piperazine rings is 1. The van der Waals surface area contributed by atoms with Crippen LogP contribution in [0, 0.1) is 13.8 Å². The molecule has 1 amide bonds. The first kappa shape index (κ1) is 23.0. The Morgan fingerprint density at radius 3 is 2.18 bits per heavy atom. The van der Waals surface area contributed by atoms with Crippen LogP contribution in [0.4, 0.5) is 0 Å². The van der Waals surface area contributed by atoms with Gasteiger partial charge in [-0.1, -0.05) is 48.5 Å². The second-order valence-electron chi connectivity index (χ2n) is 8.03. The van der Waals surface area contributed by atoms with Gasteiger partial charge in [-0.2, -0.15) is 9.40 Å². The predicted molar refractivity (Wildman–Crippen MR) is 125 cm³/mol. The molecule has 2 heterocycles. The summed E-state index contributed by atoms with van der Waals surface area (Å²) in [4.78, 5) is 14.4. The second-order valence-corrected chi connectivity index (χ2v) is 9.90. The van der Waals surface area contributed by atoms with Crippen molar-refractivity contribution in [2.45, 2.75) is 25.3 Å². The SMILES string of the molecule is Cc1nn(Cc2ccccc2)c(C)c1S(=O)(=O)N1CCN(C(=O)COc2ccccc2)CC1. The van der Waals surface area contributed by atoms with Crippen molar-refractivity contribution in [3.8, 4) is 5.75 Å². The lowest BCUT2D eigenvalue weighted by atomic mass is 10.2. The zero-order valence-electron chi connectivity index (χ0n) is 18.8. The molecule has 0 N–H and O–H groups in total. The van der Waals surface area contributed by atoms with E-state index in [1.165, 1.54) is 4.31 Å². The molecule has 3 aromatic rings. The van der Waals surface area contributed by atoms with Gasteiger partial charge in [0.25, 0.3) is 5.91 Å². The minimum absolute atomic E-state index is 0.0682. The number of carbonyl (C=O) groups excluding carboxylic acids is 1. The third-order valence-electron chi connectivity index (χ3n) is 5.78. The molecule has 174 valence electrons. The van der Waals surface area contributed by atoms with Crippen molar-refractivity contribution in [1.29, 1.82) is 0 Å². The monoisotopic (exact) mass is 468 g/mol. The number of amides is 1. The lowest BCUT2D eigenvalue weighted by Gasteiger charge is -2.34. The van der Waals surface area contributed by atoms with Gasteiger partial charge in [0, 0.05) is 26.2 Å². The molecule has 8 nitrogen and oxygen atoms in total. The van der Waals surface area contributed by atoms with Gasteiger partial charge in [-0.25, -0.2) is 8.42 Å².